The summed E-state index contributed by atoms with van der Waals surface area (Å²) in [4.78, 5) is 0. The van der Waals surface area contributed by atoms with Crippen LogP contribution in [0.25, 0.3) is 0 Å². The fraction of sp³-hybridized carbons (Fsp3) is 1.00. The molecule has 4 atom stereocenters. The minimum Gasteiger partial charge on any atom is -0.375 e. The zero-order valence-electron chi connectivity index (χ0n) is 18.4. The van der Waals surface area contributed by atoms with Crippen LogP contribution in [0.5, 0.6) is 0 Å². The normalized spacial score (nSPS) is 44.4. The molecule has 0 heterocycles. The van der Waals surface area contributed by atoms with Crippen LogP contribution in [0.15, 0.2) is 0 Å². The van der Waals surface area contributed by atoms with Crippen LogP contribution in [0.4, 0.5) is 8.78 Å². The molecule has 0 amide bonds. The molecule has 4 unspecified atom stereocenters. The quantitative estimate of drug-likeness (QED) is 0.465. The fourth-order valence-corrected chi connectivity index (χ4v) is 6.71. The van der Waals surface area contributed by atoms with Crippen LogP contribution in [0.2, 0.25) is 0 Å². The molecule has 4 heteroatoms. The van der Waals surface area contributed by atoms with Crippen LogP contribution in [0, 0.1) is 29.6 Å². The van der Waals surface area contributed by atoms with Crippen LogP contribution in [-0.4, -0.2) is 37.8 Å². The third-order valence-corrected chi connectivity index (χ3v) is 8.87. The number of alkyl halides is 2. The van der Waals surface area contributed by atoms with Crippen molar-refractivity contribution in [2.75, 3.05) is 13.2 Å². The molecule has 2 nitrogen and oxygen atoms in total. The van der Waals surface area contributed by atoms with E-state index in [9.17, 15) is 8.78 Å². The SMILES string of the molecule is CCOC1CCC(OCC2CCC(C3CCC(C4CCC4)CC3)CC2)C(F)C1F. The second-order valence-electron chi connectivity index (χ2n) is 10.5. The van der Waals surface area contributed by atoms with Crippen molar-refractivity contribution >= 4 is 0 Å². The second kappa shape index (κ2) is 10.4. The van der Waals surface area contributed by atoms with Crippen molar-refractivity contribution in [3.8, 4) is 0 Å². The minimum atomic E-state index is -1.54. The largest absolute Gasteiger partial charge is 0.375 e. The first-order valence-electron chi connectivity index (χ1n) is 12.7. The van der Waals surface area contributed by atoms with Crippen LogP contribution in [0.3, 0.4) is 0 Å². The van der Waals surface area contributed by atoms with Gasteiger partial charge in [0, 0.05) is 13.2 Å². The van der Waals surface area contributed by atoms with Crippen LogP contribution in [0.1, 0.15) is 90.4 Å². The van der Waals surface area contributed by atoms with Gasteiger partial charge < -0.3 is 9.47 Å². The van der Waals surface area contributed by atoms with Crippen molar-refractivity contribution in [1.29, 1.82) is 0 Å². The Morgan fingerprint density at radius 1 is 0.586 bits per heavy atom. The van der Waals surface area contributed by atoms with E-state index in [1.165, 1.54) is 70.6 Å². The Hall–Kier alpha value is -0.220. The highest BCUT2D eigenvalue weighted by atomic mass is 19.2. The van der Waals surface area contributed by atoms with E-state index in [4.69, 9.17) is 9.47 Å². The van der Waals surface area contributed by atoms with Gasteiger partial charge in [-0.15, -0.1) is 0 Å². The Balaban J connectivity index is 1.13. The van der Waals surface area contributed by atoms with Crippen molar-refractivity contribution < 1.29 is 18.3 Å². The van der Waals surface area contributed by atoms with Crippen molar-refractivity contribution in [1.82, 2.24) is 0 Å². The van der Waals surface area contributed by atoms with Crippen LogP contribution in [-0.2, 0) is 9.47 Å². The first-order chi connectivity index (χ1) is 14.2. The zero-order valence-corrected chi connectivity index (χ0v) is 18.4. The molecule has 0 saturated heterocycles. The molecule has 0 spiro atoms. The Bertz CT molecular complexity index is 481. The predicted molar refractivity (Wildman–Crippen MR) is 112 cm³/mol. The lowest BCUT2D eigenvalue weighted by Gasteiger charge is -2.42. The molecule has 0 aromatic heterocycles. The van der Waals surface area contributed by atoms with Gasteiger partial charge >= 0.3 is 0 Å². The minimum absolute atomic E-state index is 0.439. The molecular weight excluding hydrogens is 370 g/mol. The molecule has 4 aliphatic carbocycles. The molecule has 4 fully saturated rings. The monoisotopic (exact) mass is 412 g/mol. The van der Waals surface area contributed by atoms with Gasteiger partial charge in [0.25, 0.3) is 0 Å². The van der Waals surface area contributed by atoms with E-state index in [1.807, 2.05) is 6.92 Å². The number of hydrogen-bond donors (Lipinski definition) is 0. The molecule has 4 aliphatic rings. The molecule has 4 saturated carbocycles. The maximum Gasteiger partial charge on any atom is 0.160 e. The molecule has 29 heavy (non-hydrogen) atoms. The summed E-state index contributed by atoms with van der Waals surface area (Å²) in [5.41, 5.74) is 0. The third-order valence-electron chi connectivity index (χ3n) is 8.87. The number of halogens is 2. The van der Waals surface area contributed by atoms with E-state index in [1.54, 1.807) is 0 Å². The lowest BCUT2D eigenvalue weighted by atomic mass is 9.64. The van der Waals surface area contributed by atoms with Crippen molar-refractivity contribution in [2.45, 2.75) is 115 Å². The average Bonchev–Trinajstić information content (AvgIpc) is 2.71. The Kier molecular flexibility index (Phi) is 7.88. The summed E-state index contributed by atoms with van der Waals surface area (Å²) < 4.78 is 39.9. The lowest BCUT2D eigenvalue weighted by Crippen LogP contribution is -2.47. The fourth-order valence-electron chi connectivity index (χ4n) is 6.71. The molecule has 0 aromatic rings. The lowest BCUT2D eigenvalue weighted by molar-refractivity contribution is -0.122. The third kappa shape index (κ3) is 5.34. The van der Waals surface area contributed by atoms with Gasteiger partial charge in [-0.05, 0) is 101 Å². The molecule has 0 bridgehead atoms. The maximum absolute atomic E-state index is 14.4. The van der Waals surface area contributed by atoms with E-state index in [-0.39, 0.29) is 0 Å². The van der Waals surface area contributed by atoms with E-state index >= 15 is 0 Å². The molecule has 0 aromatic carbocycles. The molecule has 168 valence electrons. The standard InChI is InChI=1S/C25H42F2O2/c1-2-28-22-14-15-23(25(27)24(22)26)29-16-17-6-8-19(9-7-17)21-12-10-20(11-13-21)18-4-3-5-18/h17-25H,2-16H2,1H3. The van der Waals surface area contributed by atoms with Crippen LogP contribution >= 0.6 is 0 Å². The predicted octanol–water partition coefficient (Wildman–Crippen LogP) is 6.66. The van der Waals surface area contributed by atoms with Gasteiger partial charge in [-0.3, -0.25) is 0 Å². The molecule has 4 rings (SSSR count). The first kappa shape index (κ1) is 22.0. The van der Waals surface area contributed by atoms with Gasteiger partial charge in [0.1, 0.15) is 0 Å². The highest BCUT2D eigenvalue weighted by Gasteiger charge is 2.42. The van der Waals surface area contributed by atoms with Gasteiger partial charge in [0.05, 0.1) is 12.2 Å². The Labute approximate surface area is 176 Å². The summed E-state index contributed by atoms with van der Waals surface area (Å²) >= 11 is 0. The van der Waals surface area contributed by atoms with Crippen molar-refractivity contribution in [3.05, 3.63) is 0 Å². The van der Waals surface area contributed by atoms with E-state index in [2.05, 4.69) is 0 Å². The summed E-state index contributed by atoms with van der Waals surface area (Å²) in [5.74, 6) is 4.49. The zero-order chi connectivity index (χ0) is 20.2. The highest BCUT2D eigenvalue weighted by Crippen LogP contribution is 2.46. The van der Waals surface area contributed by atoms with E-state index in [0.29, 0.717) is 32.0 Å². The summed E-state index contributed by atoms with van der Waals surface area (Å²) in [6, 6.07) is 0. The smallest absolute Gasteiger partial charge is 0.160 e. The Morgan fingerprint density at radius 3 is 1.48 bits per heavy atom. The molecule has 0 radical (unpaired) electrons. The van der Waals surface area contributed by atoms with E-state index < -0.39 is 24.6 Å². The average molecular weight is 413 g/mol. The first-order valence-corrected chi connectivity index (χ1v) is 12.7. The van der Waals surface area contributed by atoms with Crippen LogP contribution < -0.4 is 0 Å². The van der Waals surface area contributed by atoms with Gasteiger partial charge in [0.2, 0.25) is 0 Å². The summed E-state index contributed by atoms with van der Waals surface area (Å²) in [7, 11) is 0. The van der Waals surface area contributed by atoms with Gasteiger partial charge in [0.15, 0.2) is 12.3 Å². The molecule has 0 aliphatic heterocycles. The summed E-state index contributed by atoms with van der Waals surface area (Å²) in [6.07, 6.45) is 12.3. The number of hydrogen-bond acceptors (Lipinski definition) is 2. The Morgan fingerprint density at radius 2 is 1.03 bits per heavy atom. The molecule has 0 N–H and O–H groups in total. The van der Waals surface area contributed by atoms with Gasteiger partial charge in [-0.2, -0.15) is 0 Å². The molecular formula is C25H42F2O2. The highest BCUT2D eigenvalue weighted by molar-refractivity contribution is 4.90. The van der Waals surface area contributed by atoms with Crippen molar-refractivity contribution in [2.24, 2.45) is 29.6 Å². The van der Waals surface area contributed by atoms with Crippen molar-refractivity contribution in [3.63, 3.8) is 0 Å². The second-order valence-corrected chi connectivity index (χ2v) is 10.5. The van der Waals surface area contributed by atoms with Gasteiger partial charge in [-0.1, -0.05) is 19.3 Å². The van der Waals surface area contributed by atoms with E-state index in [0.717, 1.165) is 23.7 Å². The number of rotatable bonds is 7. The maximum atomic E-state index is 14.4. The summed E-state index contributed by atoms with van der Waals surface area (Å²) in [5, 5.41) is 0. The topological polar surface area (TPSA) is 18.5 Å². The van der Waals surface area contributed by atoms with Gasteiger partial charge in [-0.25, -0.2) is 8.78 Å². The summed E-state index contributed by atoms with van der Waals surface area (Å²) in [6.45, 7) is 2.88. The number of ether oxygens (including phenoxy) is 2.